The van der Waals surface area contributed by atoms with E-state index in [4.69, 9.17) is 13.3 Å². The van der Waals surface area contributed by atoms with Gasteiger partial charge in [0, 0.05) is 26.3 Å². The molecule has 0 aromatic rings. The van der Waals surface area contributed by atoms with Crippen LogP contribution in [0.3, 0.4) is 0 Å². The molecule has 0 saturated heterocycles. The number of rotatable bonds is 3. The standard InChI is InChI=1S/C9H12O6Si/c1-5-6-16(13-7(2)10,14-8(3)11)15-9(4)12/h1-4H3. The maximum Gasteiger partial charge on any atom is 0.799 e. The van der Waals surface area contributed by atoms with Crippen LogP contribution in [0.15, 0.2) is 0 Å². The Balaban J connectivity index is 5.15. The molecular formula is C9H12O6Si. The van der Waals surface area contributed by atoms with Crippen molar-refractivity contribution >= 4 is 26.7 Å². The summed E-state index contributed by atoms with van der Waals surface area (Å²) in [5, 5.41) is 0. The second kappa shape index (κ2) is 5.92. The van der Waals surface area contributed by atoms with E-state index in [1.165, 1.54) is 6.92 Å². The van der Waals surface area contributed by atoms with Crippen molar-refractivity contribution in [3.63, 3.8) is 0 Å². The molecule has 0 aliphatic carbocycles. The molecule has 0 rings (SSSR count). The largest absolute Gasteiger partial charge is 0.799 e. The average Bonchev–Trinajstić information content (AvgIpc) is 1.98. The zero-order valence-corrected chi connectivity index (χ0v) is 10.4. The minimum Gasteiger partial charge on any atom is -0.446 e. The van der Waals surface area contributed by atoms with E-state index in [1.54, 1.807) is 0 Å². The van der Waals surface area contributed by atoms with E-state index in [-0.39, 0.29) is 0 Å². The summed E-state index contributed by atoms with van der Waals surface area (Å²) in [5.74, 6) is 0.188. The van der Waals surface area contributed by atoms with Crippen molar-refractivity contribution in [2.45, 2.75) is 27.7 Å². The molecule has 0 aromatic heterocycles. The molecule has 0 aliphatic rings. The quantitative estimate of drug-likeness (QED) is 0.520. The highest BCUT2D eigenvalue weighted by molar-refractivity contribution is 6.73. The molecule has 6 nitrogen and oxygen atoms in total. The van der Waals surface area contributed by atoms with Crippen molar-refractivity contribution in [2.24, 2.45) is 0 Å². The van der Waals surface area contributed by atoms with Gasteiger partial charge in [0.1, 0.15) is 0 Å². The summed E-state index contributed by atoms with van der Waals surface area (Å²) in [7, 11) is -3.89. The van der Waals surface area contributed by atoms with Gasteiger partial charge in [-0.05, 0) is 6.92 Å². The SMILES string of the molecule is CC#C[Si](OC(C)=O)(OC(C)=O)OC(C)=O. The van der Waals surface area contributed by atoms with Crippen LogP contribution >= 0.6 is 0 Å². The van der Waals surface area contributed by atoms with Gasteiger partial charge in [-0.15, -0.1) is 5.92 Å². The van der Waals surface area contributed by atoms with Crippen LogP contribution in [-0.4, -0.2) is 26.7 Å². The highest BCUT2D eigenvalue weighted by Gasteiger charge is 2.51. The maximum absolute atomic E-state index is 10.9. The van der Waals surface area contributed by atoms with Gasteiger partial charge in [0.25, 0.3) is 17.9 Å². The molecular weight excluding hydrogens is 232 g/mol. The van der Waals surface area contributed by atoms with E-state index in [2.05, 4.69) is 11.5 Å². The van der Waals surface area contributed by atoms with Crippen LogP contribution in [0.1, 0.15) is 27.7 Å². The molecule has 0 bridgehead atoms. The third-order valence-electron chi connectivity index (χ3n) is 1.11. The van der Waals surface area contributed by atoms with E-state index in [9.17, 15) is 14.4 Å². The second-order valence-corrected chi connectivity index (χ2v) is 4.69. The Labute approximate surface area is 94.2 Å². The maximum atomic E-state index is 10.9. The number of hydrogen-bond donors (Lipinski definition) is 0. The van der Waals surface area contributed by atoms with Gasteiger partial charge in [-0.25, -0.2) is 0 Å². The van der Waals surface area contributed by atoms with Gasteiger partial charge in [0.2, 0.25) is 0 Å². The summed E-state index contributed by atoms with van der Waals surface area (Å²) < 4.78 is 14.2. The third-order valence-corrected chi connectivity index (χ3v) is 3.34. The molecule has 0 aromatic carbocycles. The summed E-state index contributed by atoms with van der Waals surface area (Å²) in [5.41, 5.74) is 2.35. The molecule has 0 atom stereocenters. The number of carbonyl (C=O) groups is 3. The molecule has 0 spiro atoms. The van der Waals surface area contributed by atoms with E-state index in [0.717, 1.165) is 20.8 Å². The fourth-order valence-corrected chi connectivity index (χ4v) is 2.58. The molecule has 0 unspecified atom stereocenters. The lowest BCUT2D eigenvalue weighted by molar-refractivity contribution is -0.146. The van der Waals surface area contributed by atoms with Crippen LogP contribution in [0.25, 0.3) is 0 Å². The first-order valence-electron chi connectivity index (χ1n) is 4.34. The van der Waals surface area contributed by atoms with E-state index in [0.29, 0.717) is 0 Å². The van der Waals surface area contributed by atoms with Crippen LogP contribution < -0.4 is 0 Å². The van der Waals surface area contributed by atoms with Crippen LogP contribution in [0.5, 0.6) is 0 Å². The summed E-state index contributed by atoms with van der Waals surface area (Å²) >= 11 is 0. The Bertz CT molecular complexity index is 323. The van der Waals surface area contributed by atoms with Gasteiger partial charge >= 0.3 is 8.80 Å². The van der Waals surface area contributed by atoms with E-state index >= 15 is 0 Å². The first-order valence-corrected chi connectivity index (χ1v) is 6.06. The Morgan fingerprint density at radius 2 is 1.19 bits per heavy atom. The van der Waals surface area contributed by atoms with Gasteiger partial charge < -0.3 is 13.3 Å². The molecule has 88 valence electrons. The van der Waals surface area contributed by atoms with Crippen LogP contribution in [0.4, 0.5) is 0 Å². The van der Waals surface area contributed by atoms with Crippen LogP contribution in [0, 0.1) is 11.5 Å². The predicted octanol–water partition coefficient (Wildman–Crippen LogP) is 0.177. The first kappa shape index (κ1) is 14.2. The molecule has 0 N–H and O–H groups in total. The second-order valence-electron chi connectivity index (χ2n) is 2.71. The Hall–Kier alpha value is -1.81. The van der Waals surface area contributed by atoms with Crippen molar-refractivity contribution in [3.8, 4) is 11.5 Å². The fourth-order valence-electron chi connectivity index (χ4n) is 0.860. The molecule has 16 heavy (non-hydrogen) atoms. The number of hydrogen-bond acceptors (Lipinski definition) is 6. The summed E-state index contributed by atoms with van der Waals surface area (Å²) in [6.07, 6.45) is 0. The van der Waals surface area contributed by atoms with Crippen LogP contribution in [-0.2, 0) is 27.7 Å². The lowest BCUT2D eigenvalue weighted by atomic mass is 10.8. The topological polar surface area (TPSA) is 78.9 Å². The van der Waals surface area contributed by atoms with E-state index < -0.39 is 26.7 Å². The van der Waals surface area contributed by atoms with Crippen molar-refractivity contribution in [1.82, 2.24) is 0 Å². The van der Waals surface area contributed by atoms with Crippen molar-refractivity contribution in [1.29, 1.82) is 0 Å². The van der Waals surface area contributed by atoms with E-state index in [1.807, 2.05) is 0 Å². The smallest absolute Gasteiger partial charge is 0.446 e. The zero-order valence-electron chi connectivity index (χ0n) is 9.45. The summed E-state index contributed by atoms with van der Waals surface area (Å²) in [6, 6.07) is 0. The Morgan fingerprint density at radius 3 is 1.38 bits per heavy atom. The van der Waals surface area contributed by atoms with Gasteiger partial charge in [-0.2, -0.15) is 0 Å². The lowest BCUT2D eigenvalue weighted by Gasteiger charge is -2.20. The zero-order chi connectivity index (χ0) is 12.8. The van der Waals surface area contributed by atoms with Crippen molar-refractivity contribution in [3.05, 3.63) is 0 Å². The third kappa shape index (κ3) is 5.16. The van der Waals surface area contributed by atoms with Crippen LogP contribution in [0.2, 0.25) is 0 Å². The monoisotopic (exact) mass is 244 g/mol. The summed E-state index contributed by atoms with van der Waals surface area (Å²) in [6.45, 7) is 4.75. The Kier molecular flexibility index (Phi) is 5.25. The molecule has 0 fully saturated rings. The molecule has 0 aliphatic heterocycles. The van der Waals surface area contributed by atoms with Gasteiger partial charge in [0.15, 0.2) is 0 Å². The van der Waals surface area contributed by atoms with Crippen molar-refractivity contribution < 1.29 is 27.7 Å². The molecule has 0 heterocycles. The fraction of sp³-hybridized carbons (Fsp3) is 0.444. The highest BCUT2D eigenvalue weighted by Crippen LogP contribution is 2.10. The molecule has 7 heteroatoms. The van der Waals surface area contributed by atoms with Gasteiger partial charge in [-0.1, -0.05) is 0 Å². The molecule has 0 saturated carbocycles. The van der Waals surface area contributed by atoms with Crippen molar-refractivity contribution in [2.75, 3.05) is 0 Å². The minimum atomic E-state index is -3.89. The molecule has 0 amide bonds. The molecule has 0 radical (unpaired) electrons. The van der Waals surface area contributed by atoms with Gasteiger partial charge in [-0.3, -0.25) is 14.4 Å². The lowest BCUT2D eigenvalue weighted by Crippen LogP contribution is -2.48. The Morgan fingerprint density at radius 1 is 0.875 bits per heavy atom. The average molecular weight is 244 g/mol. The normalized spacial score (nSPS) is 9.50. The minimum absolute atomic E-state index is 0.739. The first-order chi connectivity index (χ1) is 7.31. The number of carbonyl (C=O) groups excluding carboxylic acids is 3. The summed E-state index contributed by atoms with van der Waals surface area (Å²) in [4.78, 5) is 32.6. The predicted molar refractivity (Wildman–Crippen MR) is 54.5 cm³/mol. The van der Waals surface area contributed by atoms with Gasteiger partial charge in [0.05, 0.1) is 0 Å². The highest BCUT2D eigenvalue weighted by atomic mass is 28.4.